The van der Waals surface area contributed by atoms with Crippen molar-refractivity contribution in [2.75, 3.05) is 31.5 Å². The number of rotatable bonds is 4. The quantitative estimate of drug-likeness (QED) is 0.636. The van der Waals surface area contributed by atoms with E-state index >= 15 is 0 Å². The van der Waals surface area contributed by atoms with Crippen molar-refractivity contribution in [2.45, 2.75) is 19.9 Å². The van der Waals surface area contributed by atoms with Gasteiger partial charge in [0.1, 0.15) is 0 Å². The predicted molar refractivity (Wildman–Crippen MR) is 127 cm³/mol. The molecule has 1 heterocycles. The molecule has 0 bridgehead atoms. The van der Waals surface area contributed by atoms with E-state index < -0.39 is 11.8 Å². The Bertz CT molecular complexity index is 1040. The first-order valence-corrected chi connectivity index (χ1v) is 11.0. The molecule has 3 aromatic rings. The first-order valence-electron chi connectivity index (χ1n) is 11.0. The molecule has 0 aliphatic carbocycles. The minimum atomic E-state index is -0.574. The average Bonchev–Trinajstić information content (AvgIpc) is 2.83. The Kier molecular flexibility index (Phi) is 6.66. The summed E-state index contributed by atoms with van der Waals surface area (Å²) in [5.74, 6) is -1.05. The van der Waals surface area contributed by atoms with Crippen LogP contribution in [0.1, 0.15) is 28.3 Å². The molecule has 1 aliphatic heterocycles. The summed E-state index contributed by atoms with van der Waals surface area (Å²) in [6, 6.07) is 26.7. The topological polar surface area (TPSA) is 52.7 Å². The summed E-state index contributed by atoms with van der Waals surface area (Å²) in [7, 11) is 0. The van der Waals surface area contributed by atoms with E-state index in [2.05, 4.69) is 58.7 Å². The molecular formula is C27H29N3O2. The van der Waals surface area contributed by atoms with Crippen molar-refractivity contribution >= 4 is 17.5 Å². The molecule has 32 heavy (non-hydrogen) atoms. The molecule has 1 fully saturated rings. The van der Waals surface area contributed by atoms with Crippen LogP contribution in [0.3, 0.4) is 0 Å². The Morgan fingerprint density at radius 2 is 1.31 bits per heavy atom. The van der Waals surface area contributed by atoms with Crippen molar-refractivity contribution in [3.05, 3.63) is 101 Å². The molecule has 3 aromatic carbocycles. The van der Waals surface area contributed by atoms with Gasteiger partial charge in [-0.05, 0) is 42.2 Å². The molecular weight excluding hydrogens is 398 g/mol. The maximum atomic E-state index is 12.8. The highest BCUT2D eigenvalue weighted by atomic mass is 16.2. The van der Waals surface area contributed by atoms with Crippen LogP contribution >= 0.6 is 0 Å². The van der Waals surface area contributed by atoms with Crippen LogP contribution in [0.15, 0.2) is 78.9 Å². The van der Waals surface area contributed by atoms with E-state index in [-0.39, 0.29) is 6.04 Å². The lowest BCUT2D eigenvalue weighted by atomic mass is 9.96. The minimum absolute atomic E-state index is 0.124. The van der Waals surface area contributed by atoms with Crippen molar-refractivity contribution in [2.24, 2.45) is 0 Å². The highest BCUT2D eigenvalue weighted by Crippen LogP contribution is 2.29. The molecule has 0 unspecified atom stereocenters. The average molecular weight is 428 g/mol. The number of aryl methyl sites for hydroxylation is 1. The van der Waals surface area contributed by atoms with Crippen LogP contribution < -0.4 is 5.32 Å². The lowest BCUT2D eigenvalue weighted by molar-refractivity contribution is -0.144. The summed E-state index contributed by atoms with van der Waals surface area (Å²) in [5.41, 5.74) is 5.20. The Hall–Kier alpha value is -3.44. The maximum absolute atomic E-state index is 12.8. The third-order valence-electron chi connectivity index (χ3n) is 6.24. The largest absolute Gasteiger partial charge is 0.332 e. The van der Waals surface area contributed by atoms with Gasteiger partial charge in [0.15, 0.2) is 0 Å². The number of carbonyl (C=O) groups excluding carboxylic acids is 2. The normalized spacial score (nSPS) is 14.4. The summed E-state index contributed by atoms with van der Waals surface area (Å²) < 4.78 is 0. The number of carbonyl (C=O) groups is 2. The molecule has 5 nitrogen and oxygen atoms in total. The van der Waals surface area contributed by atoms with Gasteiger partial charge in [-0.3, -0.25) is 14.5 Å². The van der Waals surface area contributed by atoms with Gasteiger partial charge >= 0.3 is 11.8 Å². The number of piperazine rings is 1. The zero-order valence-corrected chi connectivity index (χ0v) is 18.6. The number of benzene rings is 3. The second-order valence-corrected chi connectivity index (χ2v) is 8.25. The van der Waals surface area contributed by atoms with Crippen LogP contribution in [0.25, 0.3) is 0 Å². The molecule has 1 N–H and O–H groups in total. The van der Waals surface area contributed by atoms with Gasteiger partial charge < -0.3 is 10.2 Å². The van der Waals surface area contributed by atoms with E-state index in [9.17, 15) is 9.59 Å². The van der Waals surface area contributed by atoms with Crippen LogP contribution in [0.4, 0.5) is 5.69 Å². The fourth-order valence-electron chi connectivity index (χ4n) is 4.27. The van der Waals surface area contributed by atoms with Crippen LogP contribution in [0.5, 0.6) is 0 Å². The van der Waals surface area contributed by atoms with Crippen LogP contribution in [-0.2, 0) is 9.59 Å². The monoisotopic (exact) mass is 427 g/mol. The van der Waals surface area contributed by atoms with E-state index in [4.69, 9.17) is 0 Å². The van der Waals surface area contributed by atoms with E-state index in [0.29, 0.717) is 31.9 Å². The van der Waals surface area contributed by atoms with Crippen molar-refractivity contribution in [1.82, 2.24) is 9.80 Å². The predicted octanol–water partition coefficient (Wildman–Crippen LogP) is 4.18. The fraction of sp³-hybridized carbons (Fsp3) is 0.259. The van der Waals surface area contributed by atoms with Gasteiger partial charge in [0.2, 0.25) is 0 Å². The first kappa shape index (κ1) is 21.8. The Morgan fingerprint density at radius 3 is 1.88 bits per heavy atom. The third-order valence-corrected chi connectivity index (χ3v) is 6.24. The van der Waals surface area contributed by atoms with Gasteiger partial charge in [-0.1, -0.05) is 72.8 Å². The number of hydrogen-bond donors (Lipinski definition) is 1. The second-order valence-electron chi connectivity index (χ2n) is 8.25. The Morgan fingerprint density at radius 1 is 0.750 bits per heavy atom. The van der Waals surface area contributed by atoms with Crippen molar-refractivity contribution in [3.8, 4) is 0 Å². The number of hydrogen-bond acceptors (Lipinski definition) is 3. The molecule has 5 heteroatoms. The summed E-state index contributed by atoms with van der Waals surface area (Å²) in [6.45, 7) is 6.39. The molecule has 1 aliphatic rings. The lowest BCUT2D eigenvalue weighted by Gasteiger charge is -2.39. The summed E-state index contributed by atoms with van der Waals surface area (Å²) in [4.78, 5) is 29.5. The highest BCUT2D eigenvalue weighted by molar-refractivity contribution is 6.39. The number of amides is 2. The van der Waals surface area contributed by atoms with Gasteiger partial charge in [-0.15, -0.1) is 0 Å². The molecule has 164 valence electrons. The van der Waals surface area contributed by atoms with Crippen molar-refractivity contribution in [3.63, 3.8) is 0 Å². The van der Waals surface area contributed by atoms with Gasteiger partial charge in [-0.2, -0.15) is 0 Å². The summed E-state index contributed by atoms with van der Waals surface area (Å²) in [6.07, 6.45) is 0. The molecule has 2 amide bonds. The van der Waals surface area contributed by atoms with Crippen LogP contribution in [0.2, 0.25) is 0 Å². The first-order chi connectivity index (χ1) is 15.5. The molecule has 0 radical (unpaired) electrons. The van der Waals surface area contributed by atoms with Crippen LogP contribution in [0, 0.1) is 13.8 Å². The standard InChI is InChI=1S/C27H29N3O2/c1-20-10-9-15-24(21(20)2)28-26(31)27(32)30-18-16-29(17-19-30)25(22-11-5-3-6-12-22)23-13-7-4-8-14-23/h3-15,25H,16-19H2,1-2H3,(H,28,31). The molecule has 0 spiro atoms. The van der Waals surface area contributed by atoms with Gasteiger partial charge in [0, 0.05) is 31.9 Å². The van der Waals surface area contributed by atoms with Crippen LogP contribution in [-0.4, -0.2) is 47.8 Å². The molecule has 0 aromatic heterocycles. The smallest absolute Gasteiger partial charge is 0.313 e. The molecule has 1 saturated heterocycles. The Labute approximate surface area is 189 Å². The number of nitrogens with one attached hydrogen (secondary N) is 1. The van der Waals surface area contributed by atoms with E-state index in [1.165, 1.54) is 11.1 Å². The van der Waals surface area contributed by atoms with Gasteiger partial charge in [-0.25, -0.2) is 0 Å². The second kappa shape index (κ2) is 9.79. The van der Waals surface area contributed by atoms with Gasteiger partial charge in [0.05, 0.1) is 6.04 Å². The summed E-state index contributed by atoms with van der Waals surface area (Å²) in [5, 5.41) is 2.79. The zero-order valence-electron chi connectivity index (χ0n) is 18.6. The van der Waals surface area contributed by atoms with E-state index in [0.717, 1.165) is 11.1 Å². The molecule has 0 saturated carbocycles. The summed E-state index contributed by atoms with van der Waals surface area (Å²) >= 11 is 0. The lowest BCUT2D eigenvalue weighted by Crippen LogP contribution is -2.52. The SMILES string of the molecule is Cc1cccc(NC(=O)C(=O)N2CCN(C(c3ccccc3)c3ccccc3)CC2)c1C. The maximum Gasteiger partial charge on any atom is 0.313 e. The Balaban J connectivity index is 1.43. The highest BCUT2D eigenvalue weighted by Gasteiger charge is 2.30. The minimum Gasteiger partial charge on any atom is -0.332 e. The van der Waals surface area contributed by atoms with E-state index in [1.807, 2.05) is 44.2 Å². The third kappa shape index (κ3) is 4.73. The zero-order chi connectivity index (χ0) is 22.5. The van der Waals surface area contributed by atoms with E-state index in [1.54, 1.807) is 4.90 Å². The number of anilines is 1. The molecule has 0 atom stereocenters. The van der Waals surface area contributed by atoms with Crippen molar-refractivity contribution < 1.29 is 9.59 Å². The van der Waals surface area contributed by atoms with Gasteiger partial charge in [0.25, 0.3) is 0 Å². The fourth-order valence-corrected chi connectivity index (χ4v) is 4.27. The molecule has 4 rings (SSSR count). The van der Waals surface area contributed by atoms with Crippen molar-refractivity contribution in [1.29, 1.82) is 0 Å². The number of nitrogens with zero attached hydrogens (tertiary/aromatic N) is 2.